The number of nitrogens with one attached hydrogen (secondary N) is 2. The van der Waals surface area contributed by atoms with Crippen molar-refractivity contribution in [2.24, 2.45) is 11.8 Å². The number of hydrogen-bond donors (Lipinski definition) is 2. The average Bonchev–Trinajstić information content (AvgIpc) is 3.31. The quantitative estimate of drug-likeness (QED) is 0.659. The highest BCUT2D eigenvalue weighted by Crippen LogP contribution is 2.47. The molecule has 31 heavy (non-hydrogen) atoms. The fraction of sp³-hybridized carbons (Fsp3) is 0.440. The number of nitrogens with zero attached hydrogens (tertiary/aromatic N) is 1. The van der Waals surface area contributed by atoms with Crippen molar-refractivity contribution in [3.8, 4) is 0 Å². The molecular weight excluding hydrogens is 390 g/mol. The molecule has 1 saturated heterocycles. The van der Waals surface area contributed by atoms with Crippen LogP contribution >= 0.6 is 0 Å². The van der Waals surface area contributed by atoms with Crippen LogP contribution in [0.1, 0.15) is 49.2 Å². The number of piperidine rings is 1. The van der Waals surface area contributed by atoms with Gasteiger partial charge in [-0.1, -0.05) is 24.6 Å². The number of anilines is 1. The number of rotatable bonds is 6. The van der Waals surface area contributed by atoms with Crippen molar-refractivity contribution in [1.29, 1.82) is 0 Å². The van der Waals surface area contributed by atoms with Gasteiger partial charge in [0.2, 0.25) is 5.91 Å². The van der Waals surface area contributed by atoms with Crippen molar-refractivity contribution in [3.05, 3.63) is 59.6 Å². The Bertz CT molecular complexity index is 947. The van der Waals surface area contributed by atoms with Gasteiger partial charge in [-0.05, 0) is 68.4 Å². The zero-order valence-corrected chi connectivity index (χ0v) is 18.3. The van der Waals surface area contributed by atoms with Gasteiger partial charge in [-0.2, -0.15) is 0 Å². The predicted octanol–water partition coefficient (Wildman–Crippen LogP) is 4.78. The van der Waals surface area contributed by atoms with E-state index in [1.54, 1.807) is 12.2 Å². The first-order valence-corrected chi connectivity index (χ1v) is 11.2. The Morgan fingerprint density at radius 3 is 2.71 bits per heavy atom. The van der Waals surface area contributed by atoms with Crippen molar-refractivity contribution in [2.45, 2.75) is 39.0 Å². The molecular formula is C25H31N3O3. The van der Waals surface area contributed by atoms with Crippen LogP contribution in [0.25, 0.3) is 6.08 Å². The van der Waals surface area contributed by atoms with E-state index in [1.165, 1.54) is 6.42 Å². The summed E-state index contributed by atoms with van der Waals surface area (Å²) in [5.41, 5.74) is 1.92. The molecule has 3 amide bonds. The van der Waals surface area contributed by atoms with Crippen molar-refractivity contribution in [3.63, 3.8) is 0 Å². The van der Waals surface area contributed by atoms with Gasteiger partial charge in [0.15, 0.2) is 0 Å². The standard InChI is InChI=1S/C25H31N3O3/c1-17-5-7-20(8-6-17)27-25(30)26-15-19-4-3-13-28(16-19)24(29)12-10-21-9-11-23(31-21)22-14-18(22)2/h5-12,18-19,22H,3-4,13-16H2,1-2H3,(H2,26,27,30)/b12-10+. The monoisotopic (exact) mass is 421 g/mol. The molecule has 6 nitrogen and oxygen atoms in total. The fourth-order valence-corrected chi connectivity index (χ4v) is 4.12. The summed E-state index contributed by atoms with van der Waals surface area (Å²) in [6, 6.07) is 11.4. The third-order valence-corrected chi connectivity index (χ3v) is 6.20. The van der Waals surface area contributed by atoms with Gasteiger partial charge in [0, 0.05) is 37.3 Å². The highest BCUT2D eigenvalue weighted by Gasteiger charge is 2.36. The molecule has 1 aliphatic carbocycles. The molecule has 2 N–H and O–H groups in total. The first kappa shape index (κ1) is 21.2. The van der Waals surface area contributed by atoms with Crippen LogP contribution in [0.3, 0.4) is 0 Å². The number of amides is 3. The molecule has 4 rings (SSSR count). The normalized spacial score (nSPS) is 23.0. The van der Waals surface area contributed by atoms with Crippen LogP contribution in [-0.2, 0) is 4.79 Å². The molecule has 6 heteroatoms. The number of aryl methyl sites for hydroxylation is 1. The zero-order valence-electron chi connectivity index (χ0n) is 18.3. The van der Waals surface area contributed by atoms with Gasteiger partial charge in [0.05, 0.1) is 0 Å². The van der Waals surface area contributed by atoms with E-state index in [0.29, 0.717) is 24.9 Å². The SMILES string of the molecule is Cc1ccc(NC(=O)NCC2CCCN(C(=O)/C=C/c3ccc(C4CC4C)o3)C2)cc1. The summed E-state index contributed by atoms with van der Waals surface area (Å²) < 4.78 is 5.85. The molecule has 3 atom stereocenters. The highest BCUT2D eigenvalue weighted by atomic mass is 16.3. The van der Waals surface area contributed by atoms with E-state index in [1.807, 2.05) is 48.2 Å². The molecule has 1 saturated carbocycles. The third-order valence-electron chi connectivity index (χ3n) is 6.20. The number of hydrogen-bond acceptors (Lipinski definition) is 3. The van der Waals surface area contributed by atoms with Crippen molar-refractivity contribution in [1.82, 2.24) is 10.2 Å². The summed E-state index contributed by atoms with van der Waals surface area (Å²) in [6.07, 6.45) is 6.48. The van der Waals surface area contributed by atoms with E-state index in [2.05, 4.69) is 17.6 Å². The van der Waals surface area contributed by atoms with Crippen LogP contribution in [0, 0.1) is 18.8 Å². The van der Waals surface area contributed by atoms with Crippen molar-refractivity contribution < 1.29 is 14.0 Å². The number of furan rings is 1. The van der Waals surface area contributed by atoms with E-state index in [-0.39, 0.29) is 17.9 Å². The Balaban J connectivity index is 1.23. The lowest BCUT2D eigenvalue weighted by Crippen LogP contribution is -2.43. The van der Waals surface area contributed by atoms with Crippen molar-refractivity contribution >= 4 is 23.7 Å². The molecule has 3 unspecified atom stereocenters. The summed E-state index contributed by atoms with van der Waals surface area (Å²) in [6.45, 7) is 6.18. The Kier molecular flexibility index (Phi) is 6.44. The van der Waals surface area contributed by atoms with Gasteiger partial charge in [0.25, 0.3) is 0 Å². The summed E-state index contributed by atoms with van der Waals surface area (Å²) >= 11 is 0. The summed E-state index contributed by atoms with van der Waals surface area (Å²) in [4.78, 5) is 26.6. The molecule has 164 valence electrons. The van der Waals surface area contributed by atoms with Crippen molar-refractivity contribution in [2.75, 3.05) is 25.0 Å². The molecule has 2 fully saturated rings. The van der Waals surface area contributed by atoms with Gasteiger partial charge in [-0.15, -0.1) is 0 Å². The zero-order chi connectivity index (χ0) is 21.8. The van der Waals surface area contributed by atoms with E-state index < -0.39 is 0 Å². The van der Waals surface area contributed by atoms with E-state index in [9.17, 15) is 9.59 Å². The number of urea groups is 1. The minimum atomic E-state index is -0.217. The van der Waals surface area contributed by atoms with Crippen LogP contribution < -0.4 is 10.6 Å². The number of carbonyl (C=O) groups excluding carboxylic acids is 2. The molecule has 0 spiro atoms. The van der Waals surface area contributed by atoms with Crippen LogP contribution in [0.2, 0.25) is 0 Å². The van der Waals surface area contributed by atoms with Crippen LogP contribution in [0.15, 0.2) is 46.9 Å². The number of carbonyl (C=O) groups is 2. The van der Waals surface area contributed by atoms with Gasteiger partial charge in [0.1, 0.15) is 11.5 Å². The second-order valence-electron chi connectivity index (χ2n) is 8.89. The third kappa shape index (κ3) is 5.78. The topological polar surface area (TPSA) is 74.6 Å². The Labute approximate surface area is 183 Å². The lowest BCUT2D eigenvalue weighted by Gasteiger charge is -2.32. The first-order chi connectivity index (χ1) is 15.0. The van der Waals surface area contributed by atoms with Gasteiger partial charge < -0.3 is 20.0 Å². The molecule has 1 aliphatic heterocycles. The Morgan fingerprint density at radius 2 is 1.97 bits per heavy atom. The Hall–Kier alpha value is -3.02. The maximum absolute atomic E-state index is 12.6. The number of benzene rings is 1. The average molecular weight is 422 g/mol. The second-order valence-corrected chi connectivity index (χ2v) is 8.89. The summed E-state index contributed by atoms with van der Waals surface area (Å²) in [5, 5.41) is 5.78. The van der Waals surface area contributed by atoms with E-state index in [4.69, 9.17) is 4.42 Å². The first-order valence-electron chi connectivity index (χ1n) is 11.2. The molecule has 2 aliphatic rings. The largest absolute Gasteiger partial charge is 0.461 e. The minimum Gasteiger partial charge on any atom is -0.461 e. The fourth-order valence-electron chi connectivity index (χ4n) is 4.12. The van der Waals surface area contributed by atoms with Gasteiger partial charge in [-0.3, -0.25) is 4.79 Å². The van der Waals surface area contributed by atoms with Gasteiger partial charge >= 0.3 is 6.03 Å². The molecule has 1 aromatic carbocycles. The van der Waals surface area contributed by atoms with Crippen LogP contribution in [0.5, 0.6) is 0 Å². The molecule has 1 aromatic heterocycles. The summed E-state index contributed by atoms with van der Waals surface area (Å²) in [5.74, 6) is 3.23. The van der Waals surface area contributed by atoms with E-state index in [0.717, 1.165) is 42.2 Å². The summed E-state index contributed by atoms with van der Waals surface area (Å²) in [7, 11) is 0. The lowest BCUT2D eigenvalue weighted by atomic mass is 9.98. The molecule has 2 aromatic rings. The van der Waals surface area contributed by atoms with E-state index >= 15 is 0 Å². The minimum absolute atomic E-state index is 0.00783. The maximum atomic E-state index is 12.6. The predicted molar refractivity (Wildman–Crippen MR) is 122 cm³/mol. The van der Waals surface area contributed by atoms with Crippen LogP contribution in [0.4, 0.5) is 10.5 Å². The second kappa shape index (κ2) is 9.41. The molecule has 2 heterocycles. The lowest BCUT2D eigenvalue weighted by molar-refractivity contribution is -0.127. The van der Waals surface area contributed by atoms with Gasteiger partial charge in [-0.25, -0.2) is 4.79 Å². The molecule has 0 bridgehead atoms. The molecule has 0 radical (unpaired) electrons. The van der Waals surface area contributed by atoms with Crippen LogP contribution in [-0.4, -0.2) is 36.5 Å². The smallest absolute Gasteiger partial charge is 0.319 e. The Morgan fingerprint density at radius 1 is 1.19 bits per heavy atom. The maximum Gasteiger partial charge on any atom is 0.319 e. The number of likely N-dealkylation sites (tertiary alicyclic amines) is 1. The highest BCUT2D eigenvalue weighted by molar-refractivity contribution is 5.91.